The number of aldehydes is 1. The van der Waals surface area contributed by atoms with E-state index in [0.29, 0.717) is 0 Å². The van der Waals surface area contributed by atoms with Crippen LogP contribution in [0.25, 0.3) is 0 Å². The van der Waals surface area contributed by atoms with Gasteiger partial charge in [-0.15, -0.1) is 5.73 Å². The van der Waals surface area contributed by atoms with Gasteiger partial charge in [-0.2, -0.15) is 0 Å². The lowest BCUT2D eigenvalue weighted by atomic mass is 10.1. The van der Waals surface area contributed by atoms with Crippen LogP contribution in [-0.4, -0.2) is 6.29 Å². The van der Waals surface area contributed by atoms with Gasteiger partial charge in [-0.1, -0.05) is 0 Å². The number of allylic oxidation sites excluding steroid dienone is 3. The van der Waals surface area contributed by atoms with Crippen molar-refractivity contribution >= 4 is 6.29 Å². The minimum atomic E-state index is 0.736. The molecule has 0 saturated heterocycles. The molecule has 0 spiro atoms. The predicted octanol–water partition coefficient (Wildman–Crippen LogP) is 1.23. The Bertz CT molecular complexity index is 181. The van der Waals surface area contributed by atoms with Crippen molar-refractivity contribution in [3.8, 4) is 0 Å². The van der Waals surface area contributed by atoms with E-state index in [2.05, 4.69) is 5.73 Å². The first-order valence-electron chi connectivity index (χ1n) is 2.49. The summed E-state index contributed by atoms with van der Waals surface area (Å²) in [6.07, 6.45) is 6.96. The summed E-state index contributed by atoms with van der Waals surface area (Å²) in [5.74, 6) is 0. The molecule has 8 heavy (non-hydrogen) atoms. The maximum absolute atomic E-state index is 10.0. The molecule has 0 radical (unpaired) electrons. The standard InChI is InChI=1S/C7H6O/c8-6-7-4-2-1-3-5-7/h2-4,6H,5H2. The number of hydrogen-bond donors (Lipinski definition) is 0. The minimum absolute atomic E-state index is 0.736. The first kappa shape index (κ1) is 5.07. The third-order valence-electron chi connectivity index (χ3n) is 1.00. The van der Waals surface area contributed by atoms with E-state index in [1.165, 1.54) is 0 Å². The molecule has 0 bridgehead atoms. The Kier molecular flexibility index (Phi) is 1.45. The van der Waals surface area contributed by atoms with Gasteiger partial charge in [-0.05, 0) is 23.8 Å². The Balaban J connectivity index is 2.76. The average Bonchev–Trinajstić information content (AvgIpc) is 1.90. The second-order valence-electron chi connectivity index (χ2n) is 1.60. The third kappa shape index (κ3) is 0.955. The monoisotopic (exact) mass is 106 g/mol. The Morgan fingerprint density at radius 1 is 1.75 bits per heavy atom. The number of hydrogen-bond acceptors (Lipinski definition) is 1. The van der Waals surface area contributed by atoms with Crippen molar-refractivity contribution in [2.24, 2.45) is 0 Å². The van der Waals surface area contributed by atoms with Gasteiger partial charge in [0.15, 0.2) is 0 Å². The highest BCUT2D eigenvalue weighted by atomic mass is 16.1. The molecule has 1 aliphatic rings. The van der Waals surface area contributed by atoms with Crippen molar-refractivity contribution in [3.05, 3.63) is 29.5 Å². The molecule has 0 heterocycles. The van der Waals surface area contributed by atoms with E-state index in [4.69, 9.17) is 0 Å². The molecule has 0 atom stereocenters. The molecule has 40 valence electrons. The molecule has 0 fully saturated rings. The van der Waals surface area contributed by atoms with Crippen molar-refractivity contribution < 1.29 is 4.79 Å². The quantitative estimate of drug-likeness (QED) is 0.363. The van der Waals surface area contributed by atoms with E-state index < -0.39 is 0 Å². The van der Waals surface area contributed by atoms with Crippen LogP contribution in [0.4, 0.5) is 0 Å². The zero-order valence-corrected chi connectivity index (χ0v) is 4.42. The smallest absolute Gasteiger partial charge is 0.146 e. The number of carbonyl (C=O) groups excluding carboxylic acids is 1. The van der Waals surface area contributed by atoms with E-state index >= 15 is 0 Å². The van der Waals surface area contributed by atoms with Crippen LogP contribution >= 0.6 is 0 Å². The van der Waals surface area contributed by atoms with Gasteiger partial charge in [-0.3, -0.25) is 4.79 Å². The lowest BCUT2D eigenvalue weighted by Crippen LogP contribution is -1.82. The summed E-state index contributed by atoms with van der Waals surface area (Å²) >= 11 is 0. The topological polar surface area (TPSA) is 17.1 Å². The second-order valence-corrected chi connectivity index (χ2v) is 1.60. The highest BCUT2D eigenvalue weighted by Gasteiger charge is 1.90. The van der Waals surface area contributed by atoms with Crippen molar-refractivity contribution in [2.75, 3.05) is 0 Å². The maximum Gasteiger partial charge on any atom is 0.146 e. The summed E-state index contributed by atoms with van der Waals surface area (Å²) in [4.78, 5) is 10.0. The summed E-state index contributed by atoms with van der Waals surface area (Å²) in [5, 5.41) is 0. The SMILES string of the molecule is O=CC1=CC=C=CC1. The molecular formula is C7H6O. The summed E-state index contributed by atoms with van der Waals surface area (Å²) in [5.41, 5.74) is 3.69. The molecule has 0 unspecified atom stereocenters. The Morgan fingerprint density at radius 2 is 2.62 bits per heavy atom. The normalized spacial score (nSPS) is 15.8. The molecule has 1 heteroatoms. The van der Waals surface area contributed by atoms with Gasteiger partial charge in [0.25, 0.3) is 0 Å². The number of rotatable bonds is 1. The van der Waals surface area contributed by atoms with Crippen molar-refractivity contribution in [3.63, 3.8) is 0 Å². The fourth-order valence-electron chi connectivity index (χ4n) is 0.555. The molecule has 0 aliphatic heterocycles. The highest BCUT2D eigenvalue weighted by Crippen LogP contribution is 2.01. The van der Waals surface area contributed by atoms with Crippen LogP contribution in [0.2, 0.25) is 0 Å². The lowest BCUT2D eigenvalue weighted by Gasteiger charge is -1.90. The molecule has 0 aromatic heterocycles. The third-order valence-corrected chi connectivity index (χ3v) is 1.00. The average molecular weight is 106 g/mol. The second kappa shape index (κ2) is 2.29. The van der Waals surface area contributed by atoms with Gasteiger partial charge in [-0.25, -0.2) is 0 Å². The Hall–Kier alpha value is -1.07. The fraction of sp³-hybridized carbons (Fsp3) is 0.143. The van der Waals surface area contributed by atoms with Gasteiger partial charge in [0.05, 0.1) is 0 Å². The fourth-order valence-corrected chi connectivity index (χ4v) is 0.555. The van der Waals surface area contributed by atoms with E-state index in [1.807, 2.05) is 6.08 Å². The van der Waals surface area contributed by atoms with E-state index in [9.17, 15) is 4.79 Å². The molecule has 0 aromatic rings. The summed E-state index contributed by atoms with van der Waals surface area (Å²) in [7, 11) is 0. The first-order chi connectivity index (χ1) is 3.93. The van der Waals surface area contributed by atoms with Crippen molar-refractivity contribution in [2.45, 2.75) is 6.42 Å². The van der Waals surface area contributed by atoms with E-state index in [1.54, 1.807) is 12.2 Å². The zero-order chi connectivity index (χ0) is 5.82. The van der Waals surface area contributed by atoms with Gasteiger partial charge in [0, 0.05) is 6.42 Å². The van der Waals surface area contributed by atoms with Crippen LogP contribution in [0.1, 0.15) is 6.42 Å². The molecule has 1 nitrogen and oxygen atoms in total. The van der Waals surface area contributed by atoms with Crippen LogP contribution in [-0.2, 0) is 4.79 Å². The molecule has 0 amide bonds. The number of carbonyl (C=O) groups is 1. The molecule has 0 N–H and O–H groups in total. The molecular weight excluding hydrogens is 100 g/mol. The predicted molar refractivity (Wildman–Crippen MR) is 31.4 cm³/mol. The maximum atomic E-state index is 10.0. The molecule has 0 saturated carbocycles. The minimum Gasteiger partial charge on any atom is -0.298 e. The molecule has 0 aromatic carbocycles. The first-order valence-corrected chi connectivity index (χ1v) is 2.49. The van der Waals surface area contributed by atoms with Crippen LogP contribution in [0.15, 0.2) is 29.5 Å². The van der Waals surface area contributed by atoms with Crippen molar-refractivity contribution in [1.82, 2.24) is 0 Å². The van der Waals surface area contributed by atoms with Gasteiger partial charge in [0.2, 0.25) is 0 Å². The van der Waals surface area contributed by atoms with Crippen LogP contribution in [0, 0.1) is 0 Å². The van der Waals surface area contributed by atoms with Gasteiger partial charge in [0.1, 0.15) is 6.29 Å². The summed E-state index contributed by atoms with van der Waals surface area (Å²) < 4.78 is 0. The largest absolute Gasteiger partial charge is 0.298 e. The highest BCUT2D eigenvalue weighted by molar-refractivity contribution is 5.74. The van der Waals surface area contributed by atoms with Crippen LogP contribution in [0.3, 0.4) is 0 Å². The summed E-state index contributed by atoms with van der Waals surface area (Å²) in [6.45, 7) is 0. The van der Waals surface area contributed by atoms with Crippen LogP contribution in [0.5, 0.6) is 0 Å². The van der Waals surface area contributed by atoms with Crippen LogP contribution < -0.4 is 0 Å². The summed E-state index contributed by atoms with van der Waals surface area (Å²) in [6, 6.07) is 0. The Labute approximate surface area is 48.0 Å². The van der Waals surface area contributed by atoms with E-state index in [-0.39, 0.29) is 0 Å². The zero-order valence-electron chi connectivity index (χ0n) is 4.42. The van der Waals surface area contributed by atoms with E-state index in [0.717, 1.165) is 18.3 Å². The van der Waals surface area contributed by atoms with Gasteiger partial charge < -0.3 is 0 Å². The Morgan fingerprint density at radius 3 is 3.00 bits per heavy atom. The molecule has 1 rings (SSSR count). The van der Waals surface area contributed by atoms with Gasteiger partial charge >= 0.3 is 0 Å². The lowest BCUT2D eigenvalue weighted by molar-refractivity contribution is -0.105. The molecule has 1 aliphatic carbocycles. The van der Waals surface area contributed by atoms with Crippen molar-refractivity contribution in [1.29, 1.82) is 0 Å².